The van der Waals surface area contributed by atoms with E-state index in [4.69, 9.17) is 18.9 Å². The smallest absolute Gasteiger partial charge is 0.266 e. The second kappa shape index (κ2) is 23.8. The minimum atomic E-state index is -3.64. The average Bonchev–Trinajstić information content (AvgIpc) is 4.11. The van der Waals surface area contributed by atoms with Crippen LogP contribution in [0.3, 0.4) is 0 Å². The van der Waals surface area contributed by atoms with Crippen molar-refractivity contribution in [2.45, 2.75) is 31.5 Å². The fourth-order valence-electron chi connectivity index (χ4n) is 7.18. The fraction of sp³-hybridized carbons (Fsp3) is 0.298. The van der Waals surface area contributed by atoms with Gasteiger partial charge < -0.3 is 40.2 Å². The Kier molecular flexibility index (Phi) is 17.2. The first-order chi connectivity index (χ1) is 34.2. The lowest BCUT2D eigenvalue weighted by Gasteiger charge is -2.27. The molecule has 372 valence electrons. The van der Waals surface area contributed by atoms with E-state index in [-0.39, 0.29) is 93.9 Å². The molecule has 1 fully saturated rings. The van der Waals surface area contributed by atoms with Crippen molar-refractivity contribution < 1.29 is 65.7 Å². The van der Waals surface area contributed by atoms with Crippen molar-refractivity contribution in [1.29, 1.82) is 0 Å². The predicted molar refractivity (Wildman–Crippen MR) is 254 cm³/mol. The van der Waals surface area contributed by atoms with E-state index >= 15 is 0 Å². The molecule has 24 heteroatoms. The summed E-state index contributed by atoms with van der Waals surface area (Å²) in [5.41, 5.74) is 2.55. The number of hydrogen-bond acceptors (Lipinski definition) is 16. The summed E-state index contributed by atoms with van der Waals surface area (Å²) in [5, 5.41) is 15.0. The zero-order valence-electron chi connectivity index (χ0n) is 38.0. The van der Waals surface area contributed by atoms with Crippen molar-refractivity contribution in [3.8, 4) is 17.0 Å². The highest BCUT2D eigenvalue weighted by atomic mass is 32.2. The topological polar surface area (TPSA) is 289 Å². The Balaban J connectivity index is 0.770. The Labute approximate surface area is 410 Å². The van der Waals surface area contributed by atoms with Gasteiger partial charge in [-0.3, -0.25) is 52.5 Å². The van der Waals surface area contributed by atoms with Crippen molar-refractivity contribution in [3.05, 3.63) is 124 Å². The third kappa shape index (κ3) is 13.6. The van der Waals surface area contributed by atoms with Gasteiger partial charge in [-0.1, -0.05) is 48.5 Å². The summed E-state index contributed by atoms with van der Waals surface area (Å²) in [4.78, 5) is 107. The monoisotopic (exact) mass is 1010 g/mol. The van der Waals surface area contributed by atoms with Crippen molar-refractivity contribution >= 4 is 73.7 Å². The van der Waals surface area contributed by atoms with Crippen LogP contribution in [0.15, 0.2) is 96.6 Å². The van der Waals surface area contributed by atoms with Gasteiger partial charge in [0.2, 0.25) is 21.8 Å². The van der Waals surface area contributed by atoms with Crippen molar-refractivity contribution in [2.75, 3.05) is 64.3 Å². The maximum absolute atomic E-state index is 13.5. The van der Waals surface area contributed by atoms with E-state index in [9.17, 15) is 46.8 Å². The van der Waals surface area contributed by atoms with Crippen LogP contribution >= 0.6 is 11.3 Å². The quantitative estimate of drug-likeness (QED) is 0.0435. The van der Waals surface area contributed by atoms with Gasteiger partial charge in [-0.25, -0.2) is 13.4 Å². The maximum Gasteiger partial charge on any atom is 0.266 e. The first kappa shape index (κ1) is 51.2. The van der Waals surface area contributed by atoms with Crippen molar-refractivity contribution in [1.82, 2.24) is 35.1 Å². The third-order valence-corrected chi connectivity index (χ3v) is 12.5. The molecule has 0 spiro atoms. The van der Waals surface area contributed by atoms with Gasteiger partial charge in [0.15, 0.2) is 11.7 Å². The molecule has 2 aliphatic heterocycles. The zero-order valence-corrected chi connectivity index (χ0v) is 39.7. The second-order valence-corrected chi connectivity index (χ2v) is 18.6. The van der Waals surface area contributed by atoms with E-state index in [1.165, 1.54) is 41.8 Å². The Morgan fingerprint density at radius 1 is 0.831 bits per heavy atom. The number of anilines is 1. The van der Waals surface area contributed by atoms with Crippen LogP contribution in [-0.2, 0) is 50.0 Å². The summed E-state index contributed by atoms with van der Waals surface area (Å²) in [6.45, 7) is 0.431. The van der Waals surface area contributed by atoms with E-state index in [2.05, 4.69) is 31.6 Å². The summed E-state index contributed by atoms with van der Waals surface area (Å²) in [5.74, 6) is -4.82. The normalized spacial score (nSPS) is 14.9. The predicted octanol–water partition coefficient (Wildman–Crippen LogP) is 1.73. The maximum atomic E-state index is 13.5. The molecule has 3 aromatic carbocycles. The standard InChI is InChI=1S/C47H48N8O14S2/c1-71(64,65)54-19-16-32(24-54)42(59)50-34(43(60)53-47-51-35(28-70-47)30-6-3-2-4-7-30)26-68-25-29-10-12-31(13-11-29)41(58)49-18-21-67-23-22-66-20-17-48-39(57)27-69-37-9-5-8-33-40(37)46(63)55(45(33)62)36-14-15-38(56)52-44(36)61/h2-13,16,19,24,28,34,36H,14-15,17-18,20-23,25-27H2,1H3,(H,48,57)(H,49,58)(H,50,59)(H,51,53,60)(H,52,56,61)/t34-,36?/m0/s1. The van der Waals surface area contributed by atoms with Gasteiger partial charge in [0, 0.05) is 48.4 Å². The van der Waals surface area contributed by atoms with Gasteiger partial charge in [-0.2, -0.15) is 0 Å². The van der Waals surface area contributed by atoms with Crippen molar-refractivity contribution in [3.63, 3.8) is 0 Å². The van der Waals surface area contributed by atoms with Crippen LogP contribution in [0.5, 0.6) is 5.75 Å². The lowest BCUT2D eigenvalue weighted by Crippen LogP contribution is -2.54. The van der Waals surface area contributed by atoms with Gasteiger partial charge in [-0.05, 0) is 42.3 Å². The molecule has 0 aliphatic carbocycles. The minimum absolute atomic E-state index is 0.00250. The third-order valence-electron chi connectivity index (χ3n) is 10.8. The first-order valence-electron chi connectivity index (χ1n) is 22.0. The fourth-order valence-corrected chi connectivity index (χ4v) is 8.49. The molecule has 0 saturated carbocycles. The highest BCUT2D eigenvalue weighted by Crippen LogP contribution is 2.33. The van der Waals surface area contributed by atoms with Crippen molar-refractivity contribution in [2.24, 2.45) is 0 Å². The van der Waals surface area contributed by atoms with Crippen LogP contribution in [0.25, 0.3) is 11.3 Å². The summed E-state index contributed by atoms with van der Waals surface area (Å²) >= 11 is 1.21. The molecule has 5 N–H and O–H groups in total. The van der Waals surface area contributed by atoms with Gasteiger partial charge >= 0.3 is 0 Å². The molecule has 7 rings (SSSR count). The van der Waals surface area contributed by atoms with Gasteiger partial charge in [0.05, 0.1) is 68.3 Å². The molecule has 22 nitrogen and oxygen atoms in total. The minimum Gasteiger partial charge on any atom is -0.483 e. The van der Waals surface area contributed by atoms with Crippen LogP contribution in [0.4, 0.5) is 5.13 Å². The Morgan fingerprint density at radius 2 is 1.56 bits per heavy atom. The van der Waals surface area contributed by atoms with Crippen LogP contribution < -0.4 is 31.3 Å². The largest absolute Gasteiger partial charge is 0.483 e. The van der Waals surface area contributed by atoms with Crippen LogP contribution in [0.2, 0.25) is 0 Å². The molecule has 0 radical (unpaired) electrons. The molecule has 71 heavy (non-hydrogen) atoms. The molecule has 2 aliphatic rings. The number of carbonyl (C=O) groups excluding carboxylic acids is 8. The second-order valence-electron chi connectivity index (χ2n) is 15.9. The Hall–Kier alpha value is -7.64. The summed E-state index contributed by atoms with van der Waals surface area (Å²) < 4.78 is 47.2. The molecule has 1 unspecified atom stereocenters. The van der Waals surface area contributed by atoms with E-state index in [0.29, 0.717) is 22.0 Å². The number of carbonyl (C=O) groups is 8. The molecule has 5 aromatic rings. The number of rotatable bonds is 24. The number of benzene rings is 3. The van der Waals surface area contributed by atoms with E-state index < -0.39 is 70.1 Å². The molecule has 1 saturated heterocycles. The zero-order chi connectivity index (χ0) is 50.5. The number of nitrogens with one attached hydrogen (secondary N) is 5. The number of ether oxygens (including phenoxy) is 4. The van der Waals surface area contributed by atoms with E-state index in [1.807, 2.05) is 30.3 Å². The van der Waals surface area contributed by atoms with Crippen LogP contribution in [0, 0.1) is 0 Å². The molecule has 8 amide bonds. The summed E-state index contributed by atoms with van der Waals surface area (Å²) in [6, 6.07) is 19.3. The van der Waals surface area contributed by atoms with E-state index in [1.54, 1.807) is 29.6 Å². The lowest BCUT2D eigenvalue weighted by molar-refractivity contribution is -0.136. The van der Waals surface area contributed by atoms with Crippen LogP contribution in [0.1, 0.15) is 59.8 Å². The van der Waals surface area contributed by atoms with E-state index in [0.717, 1.165) is 26.9 Å². The van der Waals surface area contributed by atoms with Crippen LogP contribution in [-0.4, -0.2) is 141 Å². The molecule has 2 atom stereocenters. The number of piperidine rings is 1. The SMILES string of the molecule is CS(=O)(=O)n1ccc(C(=O)N[C@@H](COCc2ccc(C(=O)NCCOCCOCCNC(=O)COc3cccc4c3C(=O)N(C3CCC(=O)NC3=O)C4=O)cc2)C(=O)Nc2nc(-c3ccccc3)cs2)c1. The number of imide groups is 2. The number of aromatic nitrogens is 2. The Morgan fingerprint density at radius 3 is 2.27 bits per heavy atom. The molecule has 4 heterocycles. The number of nitrogens with zero attached hydrogens (tertiary/aromatic N) is 3. The lowest BCUT2D eigenvalue weighted by atomic mass is 10.0. The highest BCUT2D eigenvalue weighted by Gasteiger charge is 2.46. The summed E-state index contributed by atoms with van der Waals surface area (Å²) in [7, 11) is -3.64. The number of amides is 8. The van der Waals surface area contributed by atoms with Gasteiger partial charge in [0.1, 0.15) is 17.8 Å². The molecular formula is C47H48N8O14S2. The van der Waals surface area contributed by atoms with Gasteiger partial charge in [-0.15, -0.1) is 11.3 Å². The van der Waals surface area contributed by atoms with Gasteiger partial charge in [0.25, 0.3) is 35.4 Å². The number of hydrogen-bond donors (Lipinski definition) is 5. The first-order valence-corrected chi connectivity index (χ1v) is 24.7. The summed E-state index contributed by atoms with van der Waals surface area (Å²) in [6.07, 6.45) is 3.35. The number of fused-ring (bicyclic) bond motifs is 1. The average molecular weight is 1010 g/mol. The molecular weight excluding hydrogens is 965 g/mol. The molecule has 2 aromatic heterocycles. The Bertz CT molecular complexity index is 2910. The number of thiazole rings is 1. The molecule has 0 bridgehead atoms. The highest BCUT2D eigenvalue weighted by molar-refractivity contribution is 7.89.